The standard InChI is InChI=1S/C13H20N6OS/c1-5-6-14-10-7-12(16-11(15-10)8-20-4)21-13-18-17-9(2)19(13)3/h7H,5-6,8H2,1-4H3,(H,14,15,16). The second-order valence-electron chi connectivity index (χ2n) is 4.56. The van der Waals surface area contributed by atoms with Crippen LogP contribution in [0, 0.1) is 6.92 Å². The lowest BCUT2D eigenvalue weighted by molar-refractivity contribution is 0.177. The molecule has 0 aliphatic carbocycles. The predicted molar refractivity (Wildman–Crippen MR) is 81.4 cm³/mol. The van der Waals surface area contributed by atoms with Gasteiger partial charge in [-0.05, 0) is 25.1 Å². The Labute approximate surface area is 128 Å². The zero-order valence-corrected chi connectivity index (χ0v) is 13.6. The first kappa shape index (κ1) is 15.7. The Hall–Kier alpha value is -1.67. The molecule has 21 heavy (non-hydrogen) atoms. The Morgan fingerprint density at radius 3 is 2.76 bits per heavy atom. The maximum Gasteiger partial charge on any atom is 0.197 e. The molecule has 0 unspecified atom stereocenters. The van der Waals surface area contributed by atoms with Gasteiger partial charge in [0, 0.05) is 26.8 Å². The van der Waals surface area contributed by atoms with Gasteiger partial charge in [-0.1, -0.05) is 6.92 Å². The fraction of sp³-hybridized carbons (Fsp3) is 0.538. The third-order valence-electron chi connectivity index (χ3n) is 2.83. The van der Waals surface area contributed by atoms with Crippen LogP contribution in [0.25, 0.3) is 0 Å². The first-order valence-corrected chi connectivity index (χ1v) is 7.60. The maximum atomic E-state index is 5.13. The summed E-state index contributed by atoms with van der Waals surface area (Å²) in [4.78, 5) is 8.91. The first-order chi connectivity index (χ1) is 10.1. The van der Waals surface area contributed by atoms with Gasteiger partial charge in [-0.2, -0.15) is 0 Å². The molecule has 114 valence electrons. The third kappa shape index (κ3) is 4.15. The van der Waals surface area contributed by atoms with Crippen LogP contribution in [0.5, 0.6) is 0 Å². The summed E-state index contributed by atoms with van der Waals surface area (Å²) in [6, 6.07) is 1.92. The summed E-state index contributed by atoms with van der Waals surface area (Å²) < 4.78 is 7.06. The van der Waals surface area contributed by atoms with E-state index in [-0.39, 0.29) is 0 Å². The van der Waals surface area contributed by atoms with E-state index in [1.807, 2.05) is 24.6 Å². The molecule has 0 spiro atoms. The Bertz CT molecular complexity index is 600. The number of hydrogen-bond acceptors (Lipinski definition) is 7. The highest BCUT2D eigenvalue weighted by Gasteiger charge is 2.11. The Kier molecular flexibility index (Phi) is 5.51. The van der Waals surface area contributed by atoms with Gasteiger partial charge >= 0.3 is 0 Å². The zero-order chi connectivity index (χ0) is 15.2. The molecule has 2 rings (SSSR count). The van der Waals surface area contributed by atoms with Crippen LogP contribution < -0.4 is 5.32 Å². The monoisotopic (exact) mass is 308 g/mol. The minimum absolute atomic E-state index is 0.382. The number of methoxy groups -OCH3 is 1. The topological polar surface area (TPSA) is 77.8 Å². The fourth-order valence-corrected chi connectivity index (χ4v) is 2.49. The predicted octanol–water partition coefficient (Wildman–Crippen LogP) is 2.03. The van der Waals surface area contributed by atoms with Gasteiger partial charge in [0.25, 0.3) is 0 Å². The number of nitrogens with zero attached hydrogens (tertiary/aromatic N) is 5. The van der Waals surface area contributed by atoms with Crippen molar-refractivity contribution in [1.29, 1.82) is 0 Å². The van der Waals surface area contributed by atoms with E-state index in [1.165, 1.54) is 11.8 Å². The summed E-state index contributed by atoms with van der Waals surface area (Å²) in [7, 11) is 3.57. The highest BCUT2D eigenvalue weighted by Crippen LogP contribution is 2.26. The van der Waals surface area contributed by atoms with Gasteiger partial charge in [-0.3, -0.25) is 0 Å². The molecule has 1 N–H and O–H groups in total. The maximum absolute atomic E-state index is 5.13. The van der Waals surface area contributed by atoms with E-state index >= 15 is 0 Å². The van der Waals surface area contributed by atoms with Crippen molar-refractivity contribution in [1.82, 2.24) is 24.7 Å². The Morgan fingerprint density at radius 1 is 1.33 bits per heavy atom. The van der Waals surface area contributed by atoms with Gasteiger partial charge < -0.3 is 14.6 Å². The van der Waals surface area contributed by atoms with Crippen LogP contribution in [0.4, 0.5) is 5.82 Å². The largest absolute Gasteiger partial charge is 0.377 e. The molecule has 0 aliphatic heterocycles. The molecule has 0 bridgehead atoms. The van der Waals surface area contributed by atoms with Crippen molar-refractivity contribution in [3.63, 3.8) is 0 Å². The SMILES string of the molecule is CCCNc1cc(Sc2nnc(C)n2C)nc(COC)n1. The second kappa shape index (κ2) is 7.37. The van der Waals surface area contributed by atoms with E-state index in [0.717, 1.165) is 34.8 Å². The molecule has 0 amide bonds. The lowest BCUT2D eigenvalue weighted by Crippen LogP contribution is -2.06. The molecule has 0 saturated heterocycles. The van der Waals surface area contributed by atoms with Gasteiger partial charge in [0.05, 0.1) is 0 Å². The van der Waals surface area contributed by atoms with Crippen molar-refractivity contribution >= 4 is 17.6 Å². The molecule has 0 atom stereocenters. The van der Waals surface area contributed by atoms with E-state index in [0.29, 0.717) is 12.4 Å². The molecule has 8 heteroatoms. The smallest absolute Gasteiger partial charge is 0.197 e. The van der Waals surface area contributed by atoms with Crippen LogP contribution in [0.2, 0.25) is 0 Å². The molecule has 0 radical (unpaired) electrons. The average molecular weight is 308 g/mol. The normalized spacial score (nSPS) is 10.9. The lowest BCUT2D eigenvalue weighted by Gasteiger charge is -2.08. The number of hydrogen-bond donors (Lipinski definition) is 1. The van der Waals surface area contributed by atoms with Crippen molar-refractivity contribution < 1.29 is 4.74 Å². The van der Waals surface area contributed by atoms with Crippen LogP contribution in [0.3, 0.4) is 0 Å². The van der Waals surface area contributed by atoms with E-state index < -0.39 is 0 Å². The van der Waals surface area contributed by atoms with Crippen molar-refractivity contribution in [2.75, 3.05) is 19.0 Å². The van der Waals surface area contributed by atoms with Gasteiger partial charge in [0.15, 0.2) is 11.0 Å². The van der Waals surface area contributed by atoms with Crippen LogP contribution in [0.15, 0.2) is 16.2 Å². The van der Waals surface area contributed by atoms with Gasteiger partial charge in [-0.25, -0.2) is 9.97 Å². The quantitative estimate of drug-likeness (QED) is 0.784. The van der Waals surface area contributed by atoms with Crippen LogP contribution in [-0.4, -0.2) is 38.4 Å². The summed E-state index contributed by atoms with van der Waals surface area (Å²) in [5.41, 5.74) is 0. The first-order valence-electron chi connectivity index (χ1n) is 6.78. The number of nitrogens with one attached hydrogen (secondary N) is 1. The summed E-state index contributed by atoms with van der Waals surface area (Å²) >= 11 is 1.47. The molecule has 0 saturated carbocycles. The molecule has 0 fully saturated rings. The van der Waals surface area contributed by atoms with Crippen LogP contribution in [0.1, 0.15) is 25.0 Å². The second-order valence-corrected chi connectivity index (χ2v) is 5.55. The van der Waals surface area contributed by atoms with Crippen LogP contribution >= 0.6 is 11.8 Å². The minimum atomic E-state index is 0.382. The number of ether oxygens (including phenoxy) is 1. The van der Waals surface area contributed by atoms with Crippen LogP contribution in [-0.2, 0) is 18.4 Å². The van der Waals surface area contributed by atoms with E-state index in [9.17, 15) is 0 Å². The number of anilines is 1. The summed E-state index contributed by atoms with van der Waals surface area (Å²) in [6.07, 6.45) is 1.04. The van der Waals surface area contributed by atoms with E-state index in [1.54, 1.807) is 7.11 Å². The molecule has 2 heterocycles. The van der Waals surface area contributed by atoms with Gasteiger partial charge in [0.1, 0.15) is 23.3 Å². The van der Waals surface area contributed by atoms with Crippen molar-refractivity contribution in [3.8, 4) is 0 Å². The third-order valence-corrected chi connectivity index (χ3v) is 3.78. The highest BCUT2D eigenvalue weighted by atomic mass is 32.2. The molecule has 0 aromatic carbocycles. The molecule has 0 aliphatic rings. The minimum Gasteiger partial charge on any atom is -0.377 e. The van der Waals surface area contributed by atoms with Crippen molar-refractivity contribution in [2.45, 2.75) is 37.1 Å². The molecular weight excluding hydrogens is 288 g/mol. The molecular formula is C13H20N6OS. The fourth-order valence-electron chi connectivity index (χ4n) is 1.63. The van der Waals surface area contributed by atoms with Crippen molar-refractivity contribution in [3.05, 3.63) is 17.7 Å². The van der Waals surface area contributed by atoms with Gasteiger partial charge in [0.2, 0.25) is 0 Å². The Balaban J connectivity index is 2.24. The average Bonchev–Trinajstić information content (AvgIpc) is 2.77. The summed E-state index contributed by atoms with van der Waals surface area (Å²) in [5.74, 6) is 2.33. The molecule has 7 nitrogen and oxygen atoms in total. The number of aryl methyl sites for hydroxylation is 1. The lowest BCUT2D eigenvalue weighted by atomic mass is 10.4. The number of aromatic nitrogens is 5. The highest BCUT2D eigenvalue weighted by molar-refractivity contribution is 7.99. The van der Waals surface area contributed by atoms with Gasteiger partial charge in [-0.15, -0.1) is 10.2 Å². The molecule has 2 aromatic rings. The number of rotatable bonds is 7. The summed E-state index contributed by atoms with van der Waals surface area (Å²) in [6.45, 7) is 5.29. The summed E-state index contributed by atoms with van der Waals surface area (Å²) in [5, 5.41) is 13.1. The van der Waals surface area contributed by atoms with Crippen molar-refractivity contribution in [2.24, 2.45) is 7.05 Å². The Morgan fingerprint density at radius 2 is 2.14 bits per heavy atom. The van der Waals surface area contributed by atoms with E-state index in [4.69, 9.17) is 4.74 Å². The molecule has 2 aromatic heterocycles. The van der Waals surface area contributed by atoms with E-state index in [2.05, 4.69) is 32.4 Å². The zero-order valence-electron chi connectivity index (χ0n) is 12.8.